The maximum Gasteiger partial charge on any atom is 1.00 e. The van der Waals surface area contributed by atoms with E-state index in [2.05, 4.69) is 6.92 Å². The summed E-state index contributed by atoms with van der Waals surface area (Å²) >= 11 is 0. The normalized spacial score (nSPS) is 20.5. The number of fused-ring (bicyclic) bond motifs is 2. The molecule has 0 aromatic heterocycles. The Morgan fingerprint density at radius 1 is 0.893 bits per heavy atom. The fourth-order valence-electron chi connectivity index (χ4n) is 4.32. The van der Waals surface area contributed by atoms with Crippen molar-refractivity contribution in [1.82, 2.24) is 4.90 Å². The van der Waals surface area contributed by atoms with Crippen LogP contribution in [0.25, 0.3) is 0 Å². The predicted molar refractivity (Wildman–Crippen MR) is 111 cm³/mol. The van der Waals surface area contributed by atoms with E-state index in [4.69, 9.17) is 0 Å². The van der Waals surface area contributed by atoms with Crippen LogP contribution in [0.15, 0.2) is 23.9 Å². The van der Waals surface area contributed by atoms with Crippen LogP contribution in [0.4, 0.5) is 0 Å². The van der Waals surface area contributed by atoms with Gasteiger partial charge in [-0.25, -0.2) is 8.42 Å². The molecule has 0 radical (unpaired) electrons. The van der Waals surface area contributed by atoms with Gasteiger partial charge in [0.05, 0.1) is 0 Å². The van der Waals surface area contributed by atoms with Crippen LogP contribution in [0, 0.1) is 0 Å². The second-order valence-corrected chi connectivity index (χ2v) is 9.83. The summed E-state index contributed by atoms with van der Waals surface area (Å²) < 4.78 is 35.1. The number of hydrogen-bond acceptors (Lipinski definition) is 4. The summed E-state index contributed by atoms with van der Waals surface area (Å²) in [6.07, 6.45) is 23.8. The van der Waals surface area contributed by atoms with Crippen molar-refractivity contribution >= 4 is 10.1 Å². The summed E-state index contributed by atoms with van der Waals surface area (Å²) in [4.78, 5) is 0.481. The van der Waals surface area contributed by atoms with Gasteiger partial charge < -0.3 is 9.45 Å². The van der Waals surface area contributed by atoms with E-state index in [0.29, 0.717) is 13.0 Å². The largest absolute Gasteiger partial charge is 1.00 e. The van der Waals surface area contributed by atoms with Crippen LogP contribution in [0.5, 0.6) is 0 Å². The molecule has 0 amide bonds. The maximum absolute atomic E-state index is 11.7. The molecule has 6 heteroatoms. The molecule has 0 spiro atoms. The third-order valence-electron chi connectivity index (χ3n) is 6.05. The molecule has 2 aliphatic rings. The molecule has 1 atom stereocenters. The third kappa shape index (κ3) is 7.46. The van der Waals surface area contributed by atoms with E-state index >= 15 is 0 Å². The Bertz CT molecular complexity index is 603. The minimum Gasteiger partial charge on any atom is -0.746 e. The number of hydrogen-bond donors (Lipinski definition) is 0. The molecule has 4 nitrogen and oxygen atoms in total. The Labute approximate surface area is 195 Å². The number of rotatable bonds is 16. The van der Waals surface area contributed by atoms with E-state index in [1.54, 1.807) is 17.1 Å². The molecule has 0 aliphatic carbocycles. The number of nitrogens with zero attached hydrogens (tertiary/aromatic N) is 1. The Hall–Kier alpha value is 0.190. The average molecular weight is 420 g/mol. The SMILES string of the molecule is CCCCCCCCCCCCCCCCN1C2=CCC1(S(=O)(=O)[O-])C=C2.[Na+]. The fraction of sp³-hybridized carbons (Fsp3) is 0.818. The van der Waals surface area contributed by atoms with E-state index in [0.717, 1.165) is 18.5 Å². The van der Waals surface area contributed by atoms with Gasteiger partial charge in [0.25, 0.3) is 0 Å². The molecule has 28 heavy (non-hydrogen) atoms. The van der Waals surface area contributed by atoms with E-state index in [9.17, 15) is 13.0 Å². The number of unbranched alkanes of at least 4 members (excludes halogenated alkanes) is 13. The maximum atomic E-state index is 11.7. The first-order valence-electron chi connectivity index (χ1n) is 11.1. The van der Waals surface area contributed by atoms with E-state index in [1.165, 1.54) is 77.0 Å². The van der Waals surface area contributed by atoms with Crippen LogP contribution in [0.1, 0.15) is 103 Å². The molecule has 156 valence electrons. The van der Waals surface area contributed by atoms with Crippen molar-refractivity contribution in [1.29, 1.82) is 0 Å². The van der Waals surface area contributed by atoms with E-state index in [-0.39, 0.29) is 29.6 Å². The summed E-state index contributed by atoms with van der Waals surface area (Å²) in [5, 5.41) is 0. The Balaban J connectivity index is 0.00000392. The summed E-state index contributed by atoms with van der Waals surface area (Å²) in [7, 11) is -4.35. The van der Waals surface area contributed by atoms with Crippen molar-refractivity contribution in [3.63, 3.8) is 0 Å². The second-order valence-electron chi connectivity index (χ2n) is 8.21. The topological polar surface area (TPSA) is 60.4 Å². The minimum absolute atomic E-state index is 0. The molecule has 0 saturated carbocycles. The van der Waals surface area contributed by atoms with Crippen LogP contribution in [0.2, 0.25) is 0 Å². The van der Waals surface area contributed by atoms with Crippen molar-refractivity contribution in [2.75, 3.05) is 6.54 Å². The second kappa shape index (κ2) is 13.5. The fourth-order valence-corrected chi connectivity index (χ4v) is 5.31. The zero-order valence-corrected chi connectivity index (χ0v) is 20.9. The summed E-state index contributed by atoms with van der Waals surface area (Å²) in [5.41, 5.74) is 0.907. The van der Waals surface area contributed by atoms with Gasteiger partial charge in [0.2, 0.25) is 0 Å². The monoisotopic (exact) mass is 419 g/mol. The van der Waals surface area contributed by atoms with Crippen molar-refractivity contribution in [2.24, 2.45) is 0 Å². The predicted octanol–water partition coefficient (Wildman–Crippen LogP) is 2.87. The van der Waals surface area contributed by atoms with Crippen LogP contribution >= 0.6 is 0 Å². The zero-order chi connectivity index (χ0) is 19.6. The quantitative estimate of drug-likeness (QED) is 0.219. The van der Waals surface area contributed by atoms with Crippen LogP contribution in [0.3, 0.4) is 0 Å². The van der Waals surface area contributed by atoms with Crippen LogP contribution in [-0.4, -0.2) is 29.3 Å². The molecule has 2 bridgehead atoms. The van der Waals surface area contributed by atoms with Crippen molar-refractivity contribution in [3.8, 4) is 0 Å². The van der Waals surface area contributed by atoms with E-state index in [1.807, 2.05) is 6.08 Å². The molecule has 2 aliphatic heterocycles. The van der Waals surface area contributed by atoms with Gasteiger partial charge in [0.15, 0.2) is 4.87 Å². The van der Waals surface area contributed by atoms with Crippen LogP contribution < -0.4 is 29.6 Å². The van der Waals surface area contributed by atoms with Gasteiger partial charge in [-0.05, 0) is 18.6 Å². The van der Waals surface area contributed by atoms with Gasteiger partial charge in [0, 0.05) is 18.7 Å². The standard InChI is InChI=1S/C22H39NO3S.Na/c1-2-3-4-5-6-7-8-9-10-11-12-13-14-15-20-23-21-16-18-22(23,19-17-21)27(24,25)26;/h16-18H,2-15,19-20H2,1H3,(H,24,25,26);/q;+1/p-1. The Morgan fingerprint density at radius 2 is 1.36 bits per heavy atom. The Morgan fingerprint density at radius 3 is 1.75 bits per heavy atom. The van der Waals surface area contributed by atoms with Crippen molar-refractivity contribution < 1.29 is 42.5 Å². The minimum atomic E-state index is -4.35. The summed E-state index contributed by atoms with van der Waals surface area (Å²) in [6, 6.07) is 0. The molecule has 0 aromatic rings. The molecule has 1 unspecified atom stereocenters. The van der Waals surface area contributed by atoms with Gasteiger partial charge in [-0.15, -0.1) is 0 Å². The van der Waals surface area contributed by atoms with Gasteiger partial charge >= 0.3 is 29.6 Å². The number of allylic oxidation sites excluding steroid dienone is 1. The first kappa shape index (κ1) is 26.2. The smallest absolute Gasteiger partial charge is 0.746 e. The van der Waals surface area contributed by atoms with Crippen molar-refractivity contribution in [3.05, 3.63) is 23.9 Å². The van der Waals surface area contributed by atoms with Gasteiger partial charge in [-0.2, -0.15) is 0 Å². The van der Waals surface area contributed by atoms with Gasteiger partial charge in [-0.1, -0.05) is 96.5 Å². The molecule has 2 rings (SSSR count). The Kier molecular flexibility index (Phi) is 12.6. The van der Waals surface area contributed by atoms with Gasteiger partial charge in [0.1, 0.15) is 10.1 Å². The summed E-state index contributed by atoms with van der Waals surface area (Å²) in [5.74, 6) is 0. The molecular formula is C22H38NNaO3S. The van der Waals surface area contributed by atoms with Crippen molar-refractivity contribution in [2.45, 2.75) is 108 Å². The molecular weight excluding hydrogens is 381 g/mol. The summed E-state index contributed by atoms with van der Waals surface area (Å²) in [6.45, 7) is 2.93. The van der Waals surface area contributed by atoms with E-state index < -0.39 is 15.0 Å². The molecule has 2 heterocycles. The van der Waals surface area contributed by atoms with Gasteiger partial charge in [-0.3, -0.25) is 0 Å². The molecule has 0 saturated heterocycles. The first-order valence-corrected chi connectivity index (χ1v) is 12.5. The molecule has 0 fully saturated rings. The first-order chi connectivity index (χ1) is 13.0. The molecule has 0 aromatic carbocycles. The molecule has 0 N–H and O–H groups in total. The average Bonchev–Trinajstić information content (AvgIpc) is 3.18. The third-order valence-corrected chi connectivity index (χ3v) is 7.44. The zero-order valence-electron chi connectivity index (χ0n) is 18.1. The van der Waals surface area contributed by atoms with Crippen LogP contribution in [-0.2, 0) is 10.1 Å².